The minimum Gasteiger partial charge on any atom is -0.392 e. The number of hydrogen-bond donors (Lipinski definition) is 2. The van der Waals surface area contributed by atoms with Gasteiger partial charge in [0.15, 0.2) is 0 Å². The lowest BCUT2D eigenvalue weighted by atomic mass is 9.83. The highest BCUT2D eigenvalue weighted by Gasteiger charge is 2.27. The van der Waals surface area contributed by atoms with Crippen LogP contribution < -0.4 is 11.1 Å². The van der Waals surface area contributed by atoms with Crippen LogP contribution in [0.2, 0.25) is 0 Å². The minimum absolute atomic E-state index is 0.286. The molecule has 5 heteroatoms. The van der Waals surface area contributed by atoms with Crippen molar-refractivity contribution in [2.24, 2.45) is 11.7 Å². The lowest BCUT2D eigenvalue weighted by Crippen LogP contribution is -2.49. The van der Waals surface area contributed by atoms with Crippen LogP contribution in [0.25, 0.3) is 0 Å². The number of rotatable bonds is 4. The lowest BCUT2D eigenvalue weighted by molar-refractivity contribution is 0.0931. The molecule has 0 saturated heterocycles. The Kier molecular flexibility index (Phi) is 5.28. The second kappa shape index (κ2) is 6.98. The Balaban J connectivity index is 2.14. The summed E-state index contributed by atoms with van der Waals surface area (Å²) in [5, 5.41) is 2.90. The van der Waals surface area contributed by atoms with E-state index in [-0.39, 0.29) is 17.9 Å². The van der Waals surface area contributed by atoms with Crippen molar-refractivity contribution in [1.29, 1.82) is 0 Å². The minimum atomic E-state index is -0.421. The van der Waals surface area contributed by atoms with Crippen molar-refractivity contribution >= 4 is 23.1 Å². The molecule has 114 valence electrons. The van der Waals surface area contributed by atoms with Crippen molar-refractivity contribution < 1.29 is 9.18 Å². The number of carbonyl (C=O) groups excluding carboxylic acids is 1. The highest BCUT2D eigenvalue weighted by Crippen LogP contribution is 2.27. The van der Waals surface area contributed by atoms with Gasteiger partial charge in [0.25, 0.3) is 5.91 Å². The van der Waals surface area contributed by atoms with Crippen LogP contribution in [0.3, 0.4) is 0 Å². The van der Waals surface area contributed by atoms with Gasteiger partial charge in [-0.25, -0.2) is 4.39 Å². The predicted molar refractivity (Wildman–Crippen MR) is 85.8 cm³/mol. The van der Waals surface area contributed by atoms with Gasteiger partial charge in [-0.2, -0.15) is 0 Å². The largest absolute Gasteiger partial charge is 0.392 e. The van der Waals surface area contributed by atoms with Crippen molar-refractivity contribution in [3.63, 3.8) is 0 Å². The normalized spacial score (nSPS) is 17.2. The van der Waals surface area contributed by atoms with E-state index in [2.05, 4.69) is 5.32 Å². The fraction of sp³-hybridized carbons (Fsp3) is 0.500. The zero-order chi connectivity index (χ0) is 15.4. The van der Waals surface area contributed by atoms with E-state index in [0.29, 0.717) is 10.6 Å². The molecule has 0 radical (unpaired) electrons. The lowest BCUT2D eigenvalue weighted by Gasteiger charge is -2.30. The van der Waals surface area contributed by atoms with Gasteiger partial charge in [0.1, 0.15) is 5.82 Å². The summed E-state index contributed by atoms with van der Waals surface area (Å²) in [7, 11) is 0. The summed E-state index contributed by atoms with van der Waals surface area (Å²) in [5.41, 5.74) is 6.88. The maximum Gasteiger partial charge on any atom is 0.252 e. The van der Waals surface area contributed by atoms with E-state index in [1.165, 1.54) is 18.6 Å². The fourth-order valence-corrected chi connectivity index (χ4v) is 3.20. The summed E-state index contributed by atoms with van der Waals surface area (Å²) in [4.78, 5) is 12.7. The topological polar surface area (TPSA) is 55.1 Å². The van der Waals surface area contributed by atoms with Crippen LogP contribution in [0.5, 0.6) is 0 Å². The van der Waals surface area contributed by atoms with Crippen molar-refractivity contribution in [3.8, 4) is 0 Å². The summed E-state index contributed by atoms with van der Waals surface area (Å²) in [6.07, 6.45) is 5.53. The molecule has 1 aromatic carbocycles. The van der Waals surface area contributed by atoms with E-state index in [1.807, 2.05) is 0 Å². The van der Waals surface area contributed by atoms with Crippen molar-refractivity contribution in [1.82, 2.24) is 5.32 Å². The SMILES string of the molecule is Cc1ccc(F)cc1C(=O)NC(C(N)=S)C1CCCCC1. The van der Waals surface area contributed by atoms with Gasteiger partial charge < -0.3 is 11.1 Å². The third kappa shape index (κ3) is 4.00. The number of benzene rings is 1. The molecular weight excluding hydrogens is 287 g/mol. The predicted octanol–water partition coefficient (Wildman–Crippen LogP) is 3.10. The zero-order valence-corrected chi connectivity index (χ0v) is 13.0. The van der Waals surface area contributed by atoms with E-state index in [1.54, 1.807) is 13.0 Å². The number of nitrogens with one attached hydrogen (secondary N) is 1. The van der Waals surface area contributed by atoms with Gasteiger partial charge in [0.2, 0.25) is 0 Å². The Hall–Kier alpha value is -1.49. The van der Waals surface area contributed by atoms with Gasteiger partial charge in [0, 0.05) is 5.56 Å². The Morgan fingerprint density at radius 3 is 2.67 bits per heavy atom. The van der Waals surface area contributed by atoms with E-state index in [9.17, 15) is 9.18 Å². The van der Waals surface area contributed by atoms with Gasteiger partial charge >= 0.3 is 0 Å². The van der Waals surface area contributed by atoms with Crippen LogP contribution in [0, 0.1) is 18.7 Å². The highest BCUT2D eigenvalue weighted by atomic mass is 32.1. The maximum absolute atomic E-state index is 13.3. The molecule has 0 spiro atoms. The van der Waals surface area contributed by atoms with Gasteiger partial charge in [-0.3, -0.25) is 4.79 Å². The first-order chi connectivity index (χ1) is 9.99. The average molecular weight is 308 g/mol. The molecule has 1 aromatic rings. The molecule has 1 saturated carbocycles. The molecule has 1 aliphatic carbocycles. The molecular formula is C16H21FN2OS. The van der Waals surface area contributed by atoms with Gasteiger partial charge in [-0.15, -0.1) is 0 Å². The van der Waals surface area contributed by atoms with Crippen LogP contribution in [-0.2, 0) is 0 Å². The highest BCUT2D eigenvalue weighted by molar-refractivity contribution is 7.80. The first-order valence-electron chi connectivity index (χ1n) is 7.35. The smallest absolute Gasteiger partial charge is 0.252 e. The summed E-state index contributed by atoms with van der Waals surface area (Å²) < 4.78 is 13.3. The van der Waals surface area contributed by atoms with E-state index >= 15 is 0 Å². The second-order valence-electron chi connectivity index (χ2n) is 5.71. The standard InChI is InChI=1S/C16H21FN2OS/c1-10-7-8-12(17)9-13(10)16(20)19-14(15(18)21)11-5-3-2-4-6-11/h7-9,11,14H,2-6H2,1H3,(H2,18,21)(H,19,20). The van der Waals surface area contributed by atoms with Crippen LogP contribution in [-0.4, -0.2) is 16.9 Å². The summed E-state index contributed by atoms with van der Waals surface area (Å²) in [6.45, 7) is 1.78. The molecule has 1 fully saturated rings. The monoisotopic (exact) mass is 308 g/mol. The van der Waals surface area contributed by atoms with Crippen molar-refractivity contribution in [3.05, 3.63) is 35.1 Å². The number of nitrogens with two attached hydrogens (primary N) is 1. The molecule has 1 unspecified atom stereocenters. The second-order valence-corrected chi connectivity index (χ2v) is 6.18. The molecule has 0 heterocycles. The van der Waals surface area contributed by atoms with E-state index in [4.69, 9.17) is 18.0 Å². The first kappa shape index (κ1) is 15.9. The third-order valence-corrected chi connectivity index (χ3v) is 4.41. The van der Waals surface area contributed by atoms with Gasteiger partial charge in [-0.1, -0.05) is 37.5 Å². The van der Waals surface area contributed by atoms with Crippen LogP contribution in [0.1, 0.15) is 48.0 Å². The Labute approximate surface area is 130 Å². The van der Waals surface area contributed by atoms with Crippen molar-refractivity contribution in [2.75, 3.05) is 0 Å². The number of carbonyl (C=O) groups is 1. The Bertz CT molecular complexity index is 541. The fourth-order valence-electron chi connectivity index (χ4n) is 2.95. The maximum atomic E-state index is 13.3. The summed E-state index contributed by atoms with van der Waals surface area (Å²) in [6, 6.07) is 3.89. The Morgan fingerprint density at radius 1 is 1.38 bits per heavy atom. The molecule has 3 N–H and O–H groups in total. The number of amides is 1. The molecule has 1 atom stereocenters. The van der Waals surface area contributed by atoms with E-state index < -0.39 is 5.82 Å². The zero-order valence-electron chi connectivity index (χ0n) is 12.2. The average Bonchev–Trinajstić information content (AvgIpc) is 2.47. The number of hydrogen-bond acceptors (Lipinski definition) is 2. The molecule has 1 amide bonds. The van der Waals surface area contributed by atoms with Crippen LogP contribution in [0.4, 0.5) is 4.39 Å². The summed E-state index contributed by atoms with van der Waals surface area (Å²) in [5.74, 6) is -0.445. The third-order valence-electron chi connectivity index (χ3n) is 4.16. The molecule has 0 bridgehead atoms. The van der Waals surface area contributed by atoms with Crippen LogP contribution in [0.15, 0.2) is 18.2 Å². The quantitative estimate of drug-likeness (QED) is 0.840. The molecule has 0 aliphatic heterocycles. The first-order valence-corrected chi connectivity index (χ1v) is 7.76. The van der Waals surface area contributed by atoms with Gasteiger partial charge in [0.05, 0.1) is 11.0 Å². The number of thiocarbonyl (C=S) groups is 1. The molecule has 2 rings (SSSR count). The van der Waals surface area contributed by atoms with Crippen molar-refractivity contribution in [2.45, 2.75) is 45.1 Å². The molecule has 21 heavy (non-hydrogen) atoms. The molecule has 1 aliphatic rings. The number of aryl methyl sites for hydroxylation is 1. The van der Waals surface area contributed by atoms with E-state index in [0.717, 1.165) is 31.2 Å². The number of halogens is 1. The molecule has 3 nitrogen and oxygen atoms in total. The van der Waals surface area contributed by atoms with Gasteiger partial charge in [-0.05, 0) is 43.4 Å². The summed E-state index contributed by atoms with van der Waals surface area (Å²) >= 11 is 5.11. The van der Waals surface area contributed by atoms with Crippen LogP contribution >= 0.6 is 12.2 Å². The molecule has 0 aromatic heterocycles. The Morgan fingerprint density at radius 2 is 2.05 bits per heavy atom.